The first-order valence-corrected chi connectivity index (χ1v) is 5.17. The van der Waals surface area contributed by atoms with Crippen molar-refractivity contribution in [3.05, 3.63) is 0 Å². The van der Waals surface area contributed by atoms with Crippen LogP contribution in [-0.4, -0.2) is 17.9 Å². The zero-order valence-electron chi connectivity index (χ0n) is 9.01. The van der Waals surface area contributed by atoms with Gasteiger partial charge in [0.25, 0.3) is 0 Å². The van der Waals surface area contributed by atoms with Crippen molar-refractivity contribution >= 4 is 11.8 Å². The molecule has 0 aromatic heterocycles. The first kappa shape index (κ1) is 12.9. The second-order valence-electron chi connectivity index (χ2n) is 3.43. The molecule has 0 aliphatic rings. The van der Waals surface area contributed by atoms with Crippen molar-refractivity contribution < 1.29 is 9.59 Å². The van der Waals surface area contributed by atoms with Gasteiger partial charge >= 0.3 is 0 Å². The third-order valence-electron chi connectivity index (χ3n) is 2.09. The molecule has 1 atom stereocenters. The minimum absolute atomic E-state index is 0.0795. The molecule has 2 amide bonds. The van der Waals surface area contributed by atoms with Crippen molar-refractivity contribution in [2.45, 2.75) is 52.0 Å². The van der Waals surface area contributed by atoms with Gasteiger partial charge in [-0.3, -0.25) is 9.59 Å². The number of carbonyl (C=O) groups is 2. The Kier molecular flexibility index (Phi) is 6.80. The minimum atomic E-state index is -0.427. The second kappa shape index (κ2) is 7.35. The predicted molar refractivity (Wildman–Crippen MR) is 55.6 cm³/mol. The third kappa shape index (κ3) is 6.46. The van der Waals surface area contributed by atoms with E-state index in [1.54, 1.807) is 0 Å². The maximum Gasteiger partial charge on any atom is 0.220 e. The number of nitrogens with two attached hydrogens (primary N) is 1. The highest BCUT2D eigenvalue weighted by atomic mass is 16.2. The van der Waals surface area contributed by atoms with Gasteiger partial charge in [0.2, 0.25) is 11.8 Å². The Morgan fingerprint density at radius 3 is 2.36 bits per heavy atom. The maximum absolute atomic E-state index is 11.3. The third-order valence-corrected chi connectivity index (χ3v) is 2.09. The van der Waals surface area contributed by atoms with Gasteiger partial charge < -0.3 is 11.1 Å². The van der Waals surface area contributed by atoms with Gasteiger partial charge in [0, 0.05) is 18.9 Å². The molecule has 3 N–H and O–H groups in total. The summed E-state index contributed by atoms with van der Waals surface area (Å²) < 4.78 is 0. The van der Waals surface area contributed by atoms with Crippen molar-refractivity contribution in [2.24, 2.45) is 5.73 Å². The summed E-state index contributed by atoms with van der Waals surface area (Å²) in [5.74, 6) is -0.507. The Bertz CT molecular complexity index is 193. The smallest absolute Gasteiger partial charge is 0.220 e. The van der Waals surface area contributed by atoms with Crippen molar-refractivity contribution in [3.8, 4) is 0 Å². The van der Waals surface area contributed by atoms with Crippen LogP contribution in [0.5, 0.6) is 0 Å². The van der Waals surface area contributed by atoms with Crippen molar-refractivity contribution in [1.82, 2.24) is 5.32 Å². The van der Waals surface area contributed by atoms with Crippen LogP contribution in [0.25, 0.3) is 0 Å². The monoisotopic (exact) mass is 200 g/mol. The predicted octanol–water partition coefficient (Wildman–Crippen LogP) is 0.947. The number of rotatable bonds is 7. The van der Waals surface area contributed by atoms with Crippen LogP contribution in [0.3, 0.4) is 0 Å². The van der Waals surface area contributed by atoms with Crippen LogP contribution in [0.15, 0.2) is 0 Å². The Morgan fingerprint density at radius 2 is 1.93 bits per heavy atom. The lowest BCUT2D eigenvalue weighted by Crippen LogP contribution is -2.34. The fourth-order valence-electron chi connectivity index (χ4n) is 1.26. The van der Waals surface area contributed by atoms with Crippen LogP contribution in [-0.2, 0) is 9.59 Å². The summed E-state index contributed by atoms with van der Waals surface area (Å²) in [6.07, 6.45) is 3.30. The molecule has 0 bridgehead atoms. The molecular formula is C10H20N2O2. The van der Waals surface area contributed by atoms with Gasteiger partial charge in [-0.15, -0.1) is 0 Å². The first-order chi connectivity index (χ1) is 6.60. The Hall–Kier alpha value is -1.06. The van der Waals surface area contributed by atoms with Crippen LogP contribution < -0.4 is 11.1 Å². The summed E-state index contributed by atoms with van der Waals surface area (Å²) in [6.45, 7) is 4.12. The first-order valence-electron chi connectivity index (χ1n) is 5.17. The topological polar surface area (TPSA) is 72.2 Å². The molecule has 0 aliphatic heterocycles. The molecule has 0 saturated carbocycles. The molecular weight excluding hydrogens is 180 g/mol. The van der Waals surface area contributed by atoms with Gasteiger partial charge in [0.1, 0.15) is 0 Å². The highest BCUT2D eigenvalue weighted by Gasteiger charge is 2.09. The van der Waals surface area contributed by atoms with Crippen molar-refractivity contribution in [2.75, 3.05) is 0 Å². The normalized spacial score (nSPS) is 12.1. The molecule has 0 fully saturated rings. The number of carbonyl (C=O) groups excluding carboxylic acids is 2. The Morgan fingerprint density at radius 1 is 1.29 bits per heavy atom. The van der Waals surface area contributed by atoms with Crippen LogP contribution >= 0.6 is 0 Å². The quantitative estimate of drug-likeness (QED) is 0.642. The van der Waals surface area contributed by atoms with E-state index < -0.39 is 5.91 Å². The lowest BCUT2D eigenvalue weighted by atomic mass is 10.1. The summed E-state index contributed by atoms with van der Waals surface area (Å²) >= 11 is 0. The largest absolute Gasteiger partial charge is 0.370 e. The maximum atomic E-state index is 11.3. The zero-order chi connectivity index (χ0) is 11.0. The van der Waals surface area contributed by atoms with Crippen LogP contribution in [0, 0.1) is 0 Å². The van der Waals surface area contributed by atoms with E-state index in [0.717, 1.165) is 19.3 Å². The molecule has 0 rings (SSSR count). The SMILES string of the molecule is CCCC(CC)NC(=O)CCC(N)=O. The molecule has 4 heteroatoms. The second-order valence-corrected chi connectivity index (χ2v) is 3.43. The van der Waals surface area contributed by atoms with E-state index in [4.69, 9.17) is 5.73 Å². The molecule has 1 unspecified atom stereocenters. The van der Waals surface area contributed by atoms with Crippen molar-refractivity contribution in [1.29, 1.82) is 0 Å². The average Bonchev–Trinajstić information content (AvgIpc) is 2.14. The molecule has 82 valence electrons. The molecule has 0 aromatic carbocycles. The molecule has 0 aromatic rings. The van der Waals surface area contributed by atoms with Gasteiger partial charge in [-0.1, -0.05) is 20.3 Å². The number of hydrogen-bond acceptors (Lipinski definition) is 2. The lowest BCUT2D eigenvalue weighted by molar-refractivity contribution is -0.125. The molecule has 0 saturated heterocycles. The average molecular weight is 200 g/mol. The summed E-state index contributed by atoms with van der Waals surface area (Å²) in [6, 6.07) is 0.236. The van der Waals surface area contributed by atoms with Gasteiger partial charge in [0.15, 0.2) is 0 Å². The van der Waals surface area contributed by atoms with E-state index >= 15 is 0 Å². The summed E-state index contributed by atoms with van der Waals surface area (Å²) in [7, 11) is 0. The van der Waals surface area contributed by atoms with E-state index in [1.165, 1.54) is 0 Å². The number of primary amides is 1. The number of hydrogen-bond donors (Lipinski definition) is 2. The van der Waals surface area contributed by atoms with E-state index in [-0.39, 0.29) is 24.8 Å². The van der Waals surface area contributed by atoms with E-state index in [9.17, 15) is 9.59 Å². The molecule has 0 radical (unpaired) electrons. The molecule has 14 heavy (non-hydrogen) atoms. The van der Waals surface area contributed by atoms with Gasteiger partial charge in [-0.25, -0.2) is 0 Å². The van der Waals surface area contributed by atoms with Gasteiger partial charge in [-0.05, 0) is 12.8 Å². The van der Waals surface area contributed by atoms with Crippen molar-refractivity contribution in [3.63, 3.8) is 0 Å². The van der Waals surface area contributed by atoms with Crippen LogP contribution in [0.4, 0.5) is 0 Å². The van der Waals surface area contributed by atoms with Crippen LogP contribution in [0.2, 0.25) is 0 Å². The highest BCUT2D eigenvalue weighted by molar-refractivity contribution is 5.82. The fraction of sp³-hybridized carbons (Fsp3) is 0.800. The summed E-state index contributed by atoms with van der Waals surface area (Å²) in [5, 5.41) is 2.88. The van der Waals surface area contributed by atoms with E-state index in [0.29, 0.717) is 0 Å². The van der Waals surface area contributed by atoms with E-state index in [2.05, 4.69) is 12.2 Å². The fourth-order valence-corrected chi connectivity index (χ4v) is 1.26. The zero-order valence-corrected chi connectivity index (χ0v) is 9.01. The molecule has 0 spiro atoms. The Balaban J connectivity index is 3.72. The number of nitrogens with one attached hydrogen (secondary N) is 1. The summed E-state index contributed by atoms with van der Waals surface area (Å²) in [4.78, 5) is 21.7. The standard InChI is InChI=1S/C10H20N2O2/c1-3-5-8(4-2)12-10(14)7-6-9(11)13/h8H,3-7H2,1-2H3,(H2,11,13)(H,12,14). The molecule has 4 nitrogen and oxygen atoms in total. The molecule has 0 aliphatic carbocycles. The minimum Gasteiger partial charge on any atom is -0.370 e. The lowest BCUT2D eigenvalue weighted by Gasteiger charge is -2.15. The van der Waals surface area contributed by atoms with Gasteiger partial charge in [0.05, 0.1) is 0 Å². The Labute approximate surface area is 85.2 Å². The van der Waals surface area contributed by atoms with Gasteiger partial charge in [-0.2, -0.15) is 0 Å². The highest BCUT2D eigenvalue weighted by Crippen LogP contribution is 2.01. The molecule has 0 heterocycles. The summed E-state index contributed by atoms with van der Waals surface area (Å²) in [5.41, 5.74) is 4.94. The van der Waals surface area contributed by atoms with Crippen LogP contribution in [0.1, 0.15) is 46.0 Å². The number of amides is 2. The van der Waals surface area contributed by atoms with E-state index in [1.807, 2.05) is 6.92 Å².